The van der Waals surface area contributed by atoms with Gasteiger partial charge in [0.1, 0.15) is 0 Å². The Balaban J connectivity index is 1.57. The van der Waals surface area contributed by atoms with E-state index in [4.69, 9.17) is 0 Å². The average Bonchev–Trinajstić information content (AvgIpc) is 3.06. The van der Waals surface area contributed by atoms with Crippen LogP contribution in [0.4, 0.5) is 0 Å². The van der Waals surface area contributed by atoms with Gasteiger partial charge in [0.25, 0.3) is 5.91 Å². The molecule has 0 heterocycles. The SMILES string of the molecule is CNS(=O)(=O)c1cccc(C(=O)NCC2c3ccccc3-c3ccccc32)c1. The van der Waals surface area contributed by atoms with Crippen LogP contribution in [0.3, 0.4) is 0 Å². The molecule has 0 unspecified atom stereocenters. The van der Waals surface area contributed by atoms with Gasteiger partial charge in [0.15, 0.2) is 0 Å². The quantitative estimate of drug-likeness (QED) is 0.700. The largest absolute Gasteiger partial charge is 0.351 e. The number of carbonyl (C=O) groups is 1. The van der Waals surface area contributed by atoms with E-state index in [1.807, 2.05) is 24.3 Å². The Bertz CT molecular complexity index is 1110. The van der Waals surface area contributed by atoms with E-state index in [1.54, 1.807) is 12.1 Å². The number of fused-ring (bicyclic) bond motifs is 3. The molecule has 5 nitrogen and oxygen atoms in total. The van der Waals surface area contributed by atoms with Crippen LogP contribution in [0, 0.1) is 0 Å². The van der Waals surface area contributed by atoms with Gasteiger partial charge in [0.05, 0.1) is 4.90 Å². The standard InChI is InChI=1S/C22H20N2O3S/c1-23-28(26,27)16-8-6-7-15(13-16)22(25)24-14-21-19-11-4-2-9-17(19)18-10-3-5-12-20(18)21/h2-13,21,23H,14H2,1H3,(H,24,25). The van der Waals surface area contributed by atoms with Crippen LogP contribution in [-0.4, -0.2) is 27.9 Å². The van der Waals surface area contributed by atoms with Crippen LogP contribution < -0.4 is 10.0 Å². The van der Waals surface area contributed by atoms with Crippen LogP contribution in [0.2, 0.25) is 0 Å². The summed E-state index contributed by atoms with van der Waals surface area (Å²) in [5.41, 5.74) is 5.08. The van der Waals surface area contributed by atoms with Crippen molar-refractivity contribution >= 4 is 15.9 Å². The topological polar surface area (TPSA) is 75.3 Å². The predicted molar refractivity (Wildman–Crippen MR) is 109 cm³/mol. The minimum absolute atomic E-state index is 0.0687. The maximum absolute atomic E-state index is 12.7. The Hall–Kier alpha value is -2.96. The van der Waals surface area contributed by atoms with Gasteiger partial charge in [-0.1, -0.05) is 54.6 Å². The molecular formula is C22H20N2O3S. The molecule has 1 amide bonds. The highest BCUT2D eigenvalue weighted by molar-refractivity contribution is 7.89. The molecule has 2 N–H and O–H groups in total. The van der Waals surface area contributed by atoms with E-state index < -0.39 is 10.0 Å². The molecule has 0 radical (unpaired) electrons. The molecule has 142 valence electrons. The molecule has 4 rings (SSSR count). The van der Waals surface area contributed by atoms with Crippen molar-refractivity contribution in [3.63, 3.8) is 0 Å². The third-order valence-corrected chi connectivity index (χ3v) is 6.52. The fourth-order valence-electron chi connectivity index (χ4n) is 3.70. The van der Waals surface area contributed by atoms with Crippen molar-refractivity contribution in [3.8, 4) is 11.1 Å². The smallest absolute Gasteiger partial charge is 0.251 e. The average molecular weight is 392 g/mol. The second kappa shape index (κ2) is 7.22. The second-order valence-corrected chi connectivity index (χ2v) is 8.56. The van der Waals surface area contributed by atoms with Gasteiger partial charge in [-0.2, -0.15) is 0 Å². The maximum Gasteiger partial charge on any atom is 0.251 e. The highest BCUT2D eigenvalue weighted by Crippen LogP contribution is 2.44. The van der Waals surface area contributed by atoms with E-state index in [0.29, 0.717) is 12.1 Å². The number of carbonyl (C=O) groups excluding carboxylic acids is 1. The summed E-state index contributed by atoms with van der Waals surface area (Å²) in [7, 11) is -2.25. The lowest BCUT2D eigenvalue weighted by molar-refractivity contribution is 0.0952. The number of nitrogens with one attached hydrogen (secondary N) is 2. The van der Waals surface area contributed by atoms with Gasteiger partial charge in [-0.3, -0.25) is 4.79 Å². The van der Waals surface area contributed by atoms with Crippen molar-refractivity contribution < 1.29 is 13.2 Å². The molecule has 6 heteroatoms. The molecule has 0 aromatic heterocycles. The summed E-state index contributed by atoms with van der Waals surface area (Å²) in [4.78, 5) is 12.7. The first-order valence-corrected chi connectivity index (χ1v) is 10.5. The summed E-state index contributed by atoms with van der Waals surface area (Å²) in [6.45, 7) is 0.440. The van der Waals surface area contributed by atoms with Gasteiger partial charge in [0.2, 0.25) is 10.0 Å². The summed E-state index contributed by atoms with van der Waals surface area (Å²) >= 11 is 0. The zero-order valence-electron chi connectivity index (χ0n) is 15.3. The first-order chi connectivity index (χ1) is 13.5. The molecule has 3 aromatic rings. The first kappa shape index (κ1) is 18.4. The summed E-state index contributed by atoms with van der Waals surface area (Å²) in [6.07, 6.45) is 0. The number of hydrogen-bond donors (Lipinski definition) is 2. The predicted octanol–water partition coefficient (Wildman–Crippen LogP) is 3.14. The van der Waals surface area contributed by atoms with Gasteiger partial charge >= 0.3 is 0 Å². The molecule has 0 saturated heterocycles. The monoisotopic (exact) mass is 392 g/mol. The van der Waals surface area contributed by atoms with Crippen LogP contribution in [0.15, 0.2) is 77.7 Å². The minimum atomic E-state index is -3.59. The first-order valence-electron chi connectivity index (χ1n) is 9.01. The Labute approximate surface area is 164 Å². The van der Waals surface area contributed by atoms with E-state index >= 15 is 0 Å². The zero-order chi connectivity index (χ0) is 19.7. The van der Waals surface area contributed by atoms with E-state index in [1.165, 1.54) is 41.4 Å². The highest BCUT2D eigenvalue weighted by atomic mass is 32.2. The lowest BCUT2D eigenvalue weighted by atomic mass is 9.97. The normalized spacial score (nSPS) is 13.0. The Morgan fingerprint density at radius 3 is 2.11 bits per heavy atom. The molecule has 0 bridgehead atoms. The Morgan fingerprint density at radius 2 is 1.50 bits per heavy atom. The summed E-state index contributed by atoms with van der Waals surface area (Å²) in [5, 5.41) is 2.97. The van der Waals surface area contributed by atoms with Crippen molar-refractivity contribution in [2.24, 2.45) is 0 Å². The maximum atomic E-state index is 12.7. The number of amides is 1. The van der Waals surface area contributed by atoms with Crippen molar-refractivity contribution in [2.75, 3.05) is 13.6 Å². The molecule has 3 aromatic carbocycles. The molecule has 0 atom stereocenters. The van der Waals surface area contributed by atoms with Crippen LogP contribution in [0.25, 0.3) is 11.1 Å². The fourth-order valence-corrected chi connectivity index (χ4v) is 4.47. The van der Waals surface area contributed by atoms with Gasteiger partial charge in [-0.25, -0.2) is 13.1 Å². The Morgan fingerprint density at radius 1 is 0.893 bits per heavy atom. The number of rotatable bonds is 5. The molecule has 0 fully saturated rings. The van der Waals surface area contributed by atoms with Gasteiger partial charge in [-0.15, -0.1) is 0 Å². The number of benzene rings is 3. The van der Waals surface area contributed by atoms with Crippen molar-refractivity contribution in [3.05, 3.63) is 89.5 Å². The molecular weight excluding hydrogens is 372 g/mol. The van der Waals surface area contributed by atoms with Crippen LogP contribution in [-0.2, 0) is 10.0 Å². The highest BCUT2D eigenvalue weighted by Gasteiger charge is 2.28. The second-order valence-electron chi connectivity index (χ2n) is 6.67. The van der Waals surface area contributed by atoms with Crippen LogP contribution >= 0.6 is 0 Å². The van der Waals surface area contributed by atoms with Crippen molar-refractivity contribution in [1.82, 2.24) is 10.0 Å². The number of hydrogen-bond acceptors (Lipinski definition) is 3. The minimum Gasteiger partial charge on any atom is -0.351 e. The molecule has 0 aliphatic heterocycles. The molecule has 0 spiro atoms. The number of sulfonamides is 1. The van der Waals surface area contributed by atoms with Crippen molar-refractivity contribution in [2.45, 2.75) is 10.8 Å². The van der Waals surface area contributed by atoms with Crippen LogP contribution in [0.1, 0.15) is 27.4 Å². The third kappa shape index (κ3) is 3.21. The van der Waals surface area contributed by atoms with Gasteiger partial charge < -0.3 is 5.32 Å². The molecule has 1 aliphatic carbocycles. The lowest BCUT2D eigenvalue weighted by Gasteiger charge is -2.15. The lowest BCUT2D eigenvalue weighted by Crippen LogP contribution is -2.28. The molecule has 28 heavy (non-hydrogen) atoms. The van der Waals surface area contributed by atoms with E-state index in [0.717, 1.165) is 0 Å². The van der Waals surface area contributed by atoms with E-state index in [9.17, 15) is 13.2 Å². The molecule has 1 aliphatic rings. The van der Waals surface area contributed by atoms with Crippen LogP contribution in [0.5, 0.6) is 0 Å². The van der Waals surface area contributed by atoms with E-state index in [2.05, 4.69) is 34.3 Å². The third-order valence-electron chi connectivity index (χ3n) is 5.10. The summed E-state index contributed by atoms with van der Waals surface area (Å²) < 4.78 is 26.2. The van der Waals surface area contributed by atoms with Gasteiger partial charge in [-0.05, 0) is 47.5 Å². The molecule has 0 saturated carbocycles. The van der Waals surface area contributed by atoms with Crippen molar-refractivity contribution in [1.29, 1.82) is 0 Å². The zero-order valence-corrected chi connectivity index (χ0v) is 16.2. The summed E-state index contributed by atoms with van der Waals surface area (Å²) in [6, 6.07) is 22.5. The summed E-state index contributed by atoms with van der Waals surface area (Å²) in [5.74, 6) is -0.226. The fraction of sp³-hybridized carbons (Fsp3) is 0.136. The van der Waals surface area contributed by atoms with Gasteiger partial charge in [0, 0.05) is 18.0 Å². The van der Waals surface area contributed by atoms with E-state index in [-0.39, 0.29) is 16.7 Å². The Kier molecular flexibility index (Phi) is 4.75.